The van der Waals surface area contributed by atoms with E-state index in [9.17, 15) is 4.79 Å². The van der Waals surface area contributed by atoms with Crippen molar-refractivity contribution in [1.82, 2.24) is 0 Å². The number of hydrogen-bond acceptors (Lipinski definition) is 1. The molecule has 18 heavy (non-hydrogen) atoms. The fraction of sp³-hybridized carbons (Fsp3) is 0.533. The lowest BCUT2D eigenvalue weighted by molar-refractivity contribution is -0.117. The monoisotopic (exact) mass is 307 g/mol. The standard InChI is InChI=1S/C15H18BrNO/c16-9-10-5-1-4-8-13(10)17-15(18)14-11-6-2-3-7-12(11)14/h1,4-5,8,11-12,14H,2-3,6-7,9H2,(H,17,18). The molecule has 1 aromatic rings. The number of benzene rings is 1. The molecule has 1 N–H and O–H groups in total. The first kappa shape index (κ1) is 12.2. The molecule has 2 fully saturated rings. The van der Waals surface area contributed by atoms with Crippen molar-refractivity contribution in [2.24, 2.45) is 17.8 Å². The minimum atomic E-state index is 0.236. The van der Waals surface area contributed by atoms with E-state index in [1.54, 1.807) is 0 Å². The fourth-order valence-electron chi connectivity index (χ4n) is 3.36. The van der Waals surface area contributed by atoms with Gasteiger partial charge in [0.2, 0.25) is 5.91 Å². The molecule has 0 spiro atoms. The van der Waals surface area contributed by atoms with E-state index in [2.05, 4.69) is 21.2 Å². The highest BCUT2D eigenvalue weighted by Gasteiger charge is 2.54. The van der Waals surface area contributed by atoms with Gasteiger partial charge >= 0.3 is 0 Å². The van der Waals surface area contributed by atoms with Crippen LogP contribution in [0.15, 0.2) is 24.3 Å². The number of rotatable bonds is 3. The minimum Gasteiger partial charge on any atom is -0.326 e. The number of carbonyl (C=O) groups excluding carboxylic acids is 1. The zero-order valence-electron chi connectivity index (χ0n) is 10.4. The Balaban J connectivity index is 1.68. The Morgan fingerprint density at radius 1 is 1.22 bits per heavy atom. The molecule has 3 rings (SSSR count). The summed E-state index contributed by atoms with van der Waals surface area (Å²) in [7, 11) is 0. The first-order chi connectivity index (χ1) is 8.81. The van der Waals surface area contributed by atoms with E-state index in [1.807, 2.05) is 24.3 Å². The molecule has 0 saturated heterocycles. The van der Waals surface area contributed by atoms with Gasteiger partial charge in [-0.15, -0.1) is 0 Å². The van der Waals surface area contributed by atoms with Crippen LogP contribution in [-0.4, -0.2) is 5.91 Å². The normalized spacial score (nSPS) is 29.5. The molecule has 2 unspecified atom stereocenters. The first-order valence-corrected chi connectivity index (χ1v) is 7.88. The van der Waals surface area contributed by atoms with Gasteiger partial charge in [-0.2, -0.15) is 0 Å². The molecule has 2 aliphatic rings. The molecule has 96 valence electrons. The van der Waals surface area contributed by atoms with Crippen LogP contribution in [0, 0.1) is 17.8 Å². The second-order valence-corrected chi connectivity index (χ2v) is 5.98. The number of anilines is 1. The summed E-state index contributed by atoms with van der Waals surface area (Å²) in [6.07, 6.45) is 5.12. The van der Waals surface area contributed by atoms with Crippen LogP contribution in [0.25, 0.3) is 0 Å². The topological polar surface area (TPSA) is 29.1 Å². The zero-order valence-corrected chi connectivity index (χ0v) is 11.9. The van der Waals surface area contributed by atoms with Gasteiger partial charge in [-0.05, 0) is 36.3 Å². The lowest BCUT2D eigenvalue weighted by atomic mass is 10.0. The first-order valence-electron chi connectivity index (χ1n) is 6.76. The van der Waals surface area contributed by atoms with Gasteiger partial charge < -0.3 is 5.32 Å². The molecule has 3 heteroatoms. The van der Waals surface area contributed by atoms with Crippen molar-refractivity contribution in [3.8, 4) is 0 Å². The van der Waals surface area contributed by atoms with Crippen LogP contribution in [0.3, 0.4) is 0 Å². The summed E-state index contributed by atoms with van der Waals surface area (Å²) in [5.41, 5.74) is 2.11. The molecule has 2 aliphatic carbocycles. The van der Waals surface area contributed by atoms with E-state index in [0.717, 1.165) is 16.6 Å². The summed E-state index contributed by atoms with van der Waals surface area (Å²) in [4.78, 5) is 12.3. The highest BCUT2D eigenvalue weighted by molar-refractivity contribution is 9.08. The molecule has 1 aromatic carbocycles. The third-order valence-electron chi connectivity index (χ3n) is 4.38. The summed E-state index contributed by atoms with van der Waals surface area (Å²) in [5.74, 6) is 1.88. The molecule has 0 aliphatic heterocycles. The van der Waals surface area contributed by atoms with E-state index in [0.29, 0.717) is 11.8 Å². The van der Waals surface area contributed by atoms with Gasteiger partial charge in [0.05, 0.1) is 0 Å². The molecule has 2 nitrogen and oxygen atoms in total. The number of nitrogens with one attached hydrogen (secondary N) is 1. The van der Waals surface area contributed by atoms with Crippen molar-refractivity contribution >= 4 is 27.5 Å². The van der Waals surface area contributed by atoms with Gasteiger partial charge in [-0.25, -0.2) is 0 Å². The average Bonchev–Trinajstić information content (AvgIpc) is 3.13. The maximum Gasteiger partial charge on any atom is 0.228 e. The Kier molecular flexibility index (Phi) is 3.42. The lowest BCUT2D eigenvalue weighted by Crippen LogP contribution is -2.16. The van der Waals surface area contributed by atoms with Gasteiger partial charge in [-0.1, -0.05) is 47.0 Å². The fourth-order valence-corrected chi connectivity index (χ4v) is 3.85. The zero-order chi connectivity index (χ0) is 12.5. The van der Waals surface area contributed by atoms with Crippen molar-refractivity contribution in [3.05, 3.63) is 29.8 Å². The van der Waals surface area contributed by atoms with Crippen molar-refractivity contribution in [3.63, 3.8) is 0 Å². The molecule has 0 radical (unpaired) electrons. The summed E-state index contributed by atoms with van der Waals surface area (Å²) in [6.45, 7) is 0. The van der Waals surface area contributed by atoms with E-state index < -0.39 is 0 Å². The number of carbonyl (C=O) groups is 1. The number of alkyl halides is 1. The highest BCUT2D eigenvalue weighted by atomic mass is 79.9. The summed E-state index contributed by atoms with van der Waals surface area (Å²) in [6, 6.07) is 8.01. The second kappa shape index (κ2) is 5.04. The van der Waals surface area contributed by atoms with E-state index in [4.69, 9.17) is 0 Å². The largest absolute Gasteiger partial charge is 0.326 e. The predicted molar refractivity (Wildman–Crippen MR) is 76.6 cm³/mol. The van der Waals surface area contributed by atoms with Crippen LogP contribution in [0.4, 0.5) is 5.69 Å². The van der Waals surface area contributed by atoms with Crippen LogP contribution >= 0.6 is 15.9 Å². The van der Waals surface area contributed by atoms with Gasteiger partial charge in [0.15, 0.2) is 0 Å². The van der Waals surface area contributed by atoms with Crippen molar-refractivity contribution in [1.29, 1.82) is 0 Å². The quantitative estimate of drug-likeness (QED) is 0.842. The number of para-hydroxylation sites is 1. The van der Waals surface area contributed by atoms with E-state index in [-0.39, 0.29) is 11.8 Å². The van der Waals surface area contributed by atoms with Crippen LogP contribution in [0.1, 0.15) is 31.2 Å². The Morgan fingerprint density at radius 3 is 2.56 bits per heavy atom. The average molecular weight is 308 g/mol. The van der Waals surface area contributed by atoms with Gasteiger partial charge in [0.25, 0.3) is 0 Å². The molecular weight excluding hydrogens is 290 g/mol. The SMILES string of the molecule is O=C(Nc1ccccc1CBr)C1C2CCCCC21. The van der Waals surface area contributed by atoms with Gasteiger partial charge in [-0.3, -0.25) is 4.79 Å². The van der Waals surface area contributed by atoms with Crippen molar-refractivity contribution < 1.29 is 4.79 Å². The number of halogens is 1. The molecular formula is C15H18BrNO. The van der Waals surface area contributed by atoms with Crippen molar-refractivity contribution in [2.75, 3.05) is 5.32 Å². The van der Waals surface area contributed by atoms with E-state index >= 15 is 0 Å². The Labute approximate surface area is 116 Å². The molecule has 1 amide bonds. The van der Waals surface area contributed by atoms with Crippen LogP contribution in [0.5, 0.6) is 0 Å². The summed E-state index contributed by atoms with van der Waals surface area (Å²) in [5, 5.41) is 3.89. The Hall–Kier alpha value is -0.830. The lowest BCUT2D eigenvalue weighted by Gasteiger charge is -2.08. The van der Waals surface area contributed by atoms with Crippen LogP contribution < -0.4 is 5.32 Å². The maximum absolute atomic E-state index is 12.3. The van der Waals surface area contributed by atoms with Crippen molar-refractivity contribution in [2.45, 2.75) is 31.0 Å². The number of hydrogen-bond donors (Lipinski definition) is 1. The van der Waals surface area contributed by atoms with Gasteiger partial charge in [0, 0.05) is 16.9 Å². The van der Waals surface area contributed by atoms with Crippen LogP contribution in [0.2, 0.25) is 0 Å². The minimum absolute atomic E-state index is 0.236. The highest BCUT2D eigenvalue weighted by Crippen LogP contribution is 2.55. The smallest absolute Gasteiger partial charge is 0.228 e. The Morgan fingerprint density at radius 2 is 1.89 bits per heavy atom. The molecule has 0 heterocycles. The predicted octanol–water partition coefficient (Wildman–Crippen LogP) is 3.96. The van der Waals surface area contributed by atoms with E-state index in [1.165, 1.54) is 25.7 Å². The molecule has 0 aromatic heterocycles. The molecule has 2 atom stereocenters. The third-order valence-corrected chi connectivity index (χ3v) is 4.98. The van der Waals surface area contributed by atoms with Gasteiger partial charge in [0.1, 0.15) is 0 Å². The summed E-state index contributed by atoms with van der Waals surface area (Å²) >= 11 is 3.46. The summed E-state index contributed by atoms with van der Waals surface area (Å²) < 4.78 is 0. The Bertz CT molecular complexity index is 448. The maximum atomic E-state index is 12.3. The molecule has 0 bridgehead atoms. The number of fused-ring (bicyclic) bond motifs is 1. The van der Waals surface area contributed by atoms with Crippen LogP contribution in [-0.2, 0) is 10.1 Å². The molecule has 2 saturated carbocycles. The number of amides is 1. The third kappa shape index (κ3) is 2.20. The second-order valence-electron chi connectivity index (χ2n) is 5.42.